The van der Waals surface area contributed by atoms with E-state index in [1.165, 1.54) is 12.8 Å². The van der Waals surface area contributed by atoms with Gasteiger partial charge in [-0.15, -0.1) is 0 Å². The van der Waals surface area contributed by atoms with Gasteiger partial charge in [0.15, 0.2) is 0 Å². The first-order chi connectivity index (χ1) is 11.6. The van der Waals surface area contributed by atoms with E-state index < -0.39 is 0 Å². The highest BCUT2D eigenvalue weighted by molar-refractivity contribution is 5.97. The monoisotopic (exact) mass is 329 g/mol. The van der Waals surface area contributed by atoms with Gasteiger partial charge in [-0.05, 0) is 44.0 Å². The van der Waals surface area contributed by atoms with E-state index in [-0.39, 0.29) is 11.8 Å². The molecule has 1 aliphatic heterocycles. The molecule has 130 valence electrons. The Labute approximate surface area is 144 Å². The Kier molecular flexibility index (Phi) is 5.51. The minimum atomic E-state index is 0.0509. The fourth-order valence-electron chi connectivity index (χ4n) is 3.61. The SMILES string of the molecule is CN1CCN(C(=O)c2cccc(NC(=O)CC3CCCC3)c2)CC1. The summed E-state index contributed by atoms with van der Waals surface area (Å²) in [6, 6.07) is 7.32. The zero-order valence-corrected chi connectivity index (χ0v) is 14.5. The zero-order chi connectivity index (χ0) is 16.9. The molecule has 3 rings (SSSR count). The van der Waals surface area contributed by atoms with Crippen molar-refractivity contribution in [2.75, 3.05) is 38.5 Å². The number of carbonyl (C=O) groups excluding carboxylic acids is 2. The van der Waals surface area contributed by atoms with Crippen molar-refractivity contribution in [3.05, 3.63) is 29.8 Å². The molecule has 1 saturated heterocycles. The van der Waals surface area contributed by atoms with E-state index in [0.29, 0.717) is 17.9 Å². The summed E-state index contributed by atoms with van der Waals surface area (Å²) in [5, 5.41) is 2.96. The number of amides is 2. The number of hydrogen-bond donors (Lipinski definition) is 1. The Balaban J connectivity index is 1.58. The molecule has 0 atom stereocenters. The summed E-state index contributed by atoms with van der Waals surface area (Å²) in [5.74, 6) is 0.640. The molecule has 1 N–H and O–H groups in total. The number of nitrogens with one attached hydrogen (secondary N) is 1. The van der Waals surface area contributed by atoms with Crippen molar-refractivity contribution in [1.29, 1.82) is 0 Å². The summed E-state index contributed by atoms with van der Waals surface area (Å²) in [7, 11) is 2.07. The number of anilines is 1. The fourth-order valence-corrected chi connectivity index (χ4v) is 3.61. The summed E-state index contributed by atoms with van der Waals surface area (Å²) >= 11 is 0. The Hall–Kier alpha value is -1.88. The third-order valence-electron chi connectivity index (χ3n) is 5.13. The number of piperazine rings is 1. The fraction of sp³-hybridized carbons (Fsp3) is 0.579. The van der Waals surface area contributed by atoms with Crippen LogP contribution >= 0.6 is 0 Å². The molecule has 1 aliphatic carbocycles. The molecule has 1 aromatic carbocycles. The number of likely N-dealkylation sites (N-methyl/N-ethyl adjacent to an activating group) is 1. The second-order valence-corrected chi connectivity index (χ2v) is 7.08. The number of nitrogens with zero attached hydrogens (tertiary/aromatic N) is 2. The van der Waals surface area contributed by atoms with Crippen LogP contribution in [0, 0.1) is 5.92 Å². The molecule has 0 unspecified atom stereocenters. The van der Waals surface area contributed by atoms with Gasteiger partial charge in [0.2, 0.25) is 5.91 Å². The molecule has 2 amide bonds. The van der Waals surface area contributed by atoms with Crippen LogP contribution in [0.2, 0.25) is 0 Å². The van der Waals surface area contributed by atoms with Gasteiger partial charge >= 0.3 is 0 Å². The van der Waals surface area contributed by atoms with Gasteiger partial charge in [-0.3, -0.25) is 9.59 Å². The van der Waals surface area contributed by atoms with E-state index in [1.807, 2.05) is 23.1 Å². The van der Waals surface area contributed by atoms with Gasteiger partial charge in [0, 0.05) is 43.9 Å². The van der Waals surface area contributed by atoms with Crippen LogP contribution in [-0.2, 0) is 4.79 Å². The molecule has 1 heterocycles. The van der Waals surface area contributed by atoms with Crippen LogP contribution in [0.3, 0.4) is 0 Å². The van der Waals surface area contributed by atoms with Crippen LogP contribution in [0.4, 0.5) is 5.69 Å². The number of hydrogen-bond acceptors (Lipinski definition) is 3. The molecule has 1 aromatic rings. The minimum Gasteiger partial charge on any atom is -0.336 e. The summed E-state index contributed by atoms with van der Waals surface area (Å²) in [4.78, 5) is 28.9. The Morgan fingerprint density at radius 2 is 1.83 bits per heavy atom. The third-order valence-corrected chi connectivity index (χ3v) is 5.13. The number of carbonyl (C=O) groups is 2. The van der Waals surface area contributed by atoms with Gasteiger partial charge in [-0.2, -0.15) is 0 Å². The van der Waals surface area contributed by atoms with Gasteiger partial charge < -0.3 is 15.1 Å². The molecule has 1 saturated carbocycles. The molecule has 5 nitrogen and oxygen atoms in total. The number of benzene rings is 1. The Morgan fingerprint density at radius 1 is 1.12 bits per heavy atom. The second kappa shape index (κ2) is 7.79. The van der Waals surface area contributed by atoms with Crippen LogP contribution < -0.4 is 5.32 Å². The highest BCUT2D eigenvalue weighted by Gasteiger charge is 2.21. The first-order valence-electron chi connectivity index (χ1n) is 8.99. The predicted molar refractivity (Wildman–Crippen MR) is 95.0 cm³/mol. The zero-order valence-electron chi connectivity index (χ0n) is 14.5. The average Bonchev–Trinajstić information content (AvgIpc) is 3.08. The van der Waals surface area contributed by atoms with Gasteiger partial charge in [-0.25, -0.2) is 0 Å². The van der Waals surface area contributed by atoms with Crippen molar-refractivity contribution in [2.24, 2.45) is 5.92 Å². The maximum Gasteiger partial charge on any atom is 0.254 e. The first-order valence-corrected chi connectivity index (χ1v) is 8.99. The van der Waals surface area contributed by atoms with Crippen molar-refractivity contribution in [3.63, 3.8) is 0 Å². The second-order valence-electron chi connectivity index (χ2n) is 7.08. The van der Waals surface area contributed by atoms with E-state index >= 15 is 0 Å². The summed E-state index contributed by atoms with van der Waals surface area (Å²) in [5.41, 5.74) is 1.37. The minimum absolute atomic E-state index is 0.0509. The normalized spacial score (nSPS) is 19.5. The standard InChI is InChI=1S/C19H27N3O2/c1-21-9-11-22(12-10-21)19(24)16-7-4-8-17(14-16)20-18(23)13-15-5-2-3-6-15/h4,7-8,14-15H,2-3,5-6,9-13H2,1H3,(H,20,23). The highest BCUT2D eigenvalue weighted by Crippen LogP contribution is 2.27. The van der Waals surface area contributed by atoms with E-state index in [2.05, 4.69) is 17.3 Å². The number of rotatable bonds is 4. The molecule has 5 heteroatoms. The quantitative estimate of drug-likeness (QED) is 0.924. The average molecular weight is 329 g/mol. The van der Waals surface area contributed by atoms with Crippen LogP contribution in [0.15, 0.2) is 24.3 Å². The lowest BCUT2D eigenvalue weighted by molar-refractivity contribution is -0.117. The van der Waals surface area contributed by atoms with E-state index in [4.69, 9.17) is 0 Å². The van der Waals surface area contributed by atoms with Crippen LogP contribution in [-0.4, -0.2) is 54.8 Å². The smallest absolute Gasteiger partial charge is 0.254 e. The molecular formula is C19H27N3O2. The molecule has 0 spiro atoms. The molecule has 2 fully saturated rings. The van der Waals surface area contributed by atoms with Gasteiger partial charge in [0.1, 0.15) is 0 Å². The van der Waals surface area contributed by atoms with Crippen LogP contribution in [0.1, 0.15) is 42.5 Å². The van der Waals surface area contributed by atoms with Crippen molar-refractivity contribution in [1.82, 2.24) is 9.80 Å². The molecule has 24 heavy (non-hydrogen) atoms. The summed E-state index contributed by atoms with van der Waals surface area (Å²) in [6.45, 7) is 3.33. The lowest BCUT2D eigenvalue weighted by atomic mass is 10.0. The van der Waals surface area contributed by atoms with E-state index in [0.717, 1.165) is 44.7 Å². The molecule has 2 aliphatic rings. The molecular weight excluding hydrogens is 302 g/mol. The first kappa shape index (κ1) is 17.0. The maximum atomic E-state index is 12.6. The van der Waals surface area contributed by atoms with Gasteiger partial charge in [0.25, 0.3) is 5.91 Å². The Bertz CT molecular complexity index is 588. The van der Waals surface area contributed by atoms with Crippen LogP contribution in [0.5, 0.6) is 0 Å². The molecule has 0 bridgehead atoms. The van der Waals surface area contributed by atoms with Crippen molar-refractivity contribution in [2.45, 2.75) is 32.1 Å². The largest absolute Gasteiger partial charge is 0.336 e. The van der Waals surface area contributed by atoms with E-state index in [9.17, 15) is 9.59 Å². The third kappa shape index (κ3) is 4.35. The lowest BCUT2D eigenvalue weighted by Crippen LogP contribution is -2.47. The van der Waals surface area contributed by atoms with Crippen molar-refractivity contribution >= 4 is 17.5 Å². The topological polar surface area (TPSA) is 52.6 Å². The Morgan fingerprint density at radius 3 is 2.54 bits per heavy atom. The predicted octanol–water partition coefficient (Wildman–Crippen LogP) is 2.59. The van der Waals surface area contributed by atoms with Crippen molar-refractivity contribution < 1.29 is 9.59 Å². The lowest BCUT2D eigenvalue weighted by Gasteiger charge is -2.32. The van der Waals surface area contributed by atoms with Gasteiger partial charge in [-0.1, -0.05) is 18.9 Å². The summed E-state index contributed by atoms with van der Waals surface area (Å²) < 4.78 is 0. The van der Waals surface area contributed by atoms with Crippen molar-refractivity contribution in [3.8, 4) is 0 Å². The maximum absolute atomic E-state index is 12.6. The molecule has 0 radical (unpaired) electrons. The highest BCUT2D eigenvalue weighted by atomic mass is 16.2. The summed E-state index contributed by atoms with van der Waals surface area (Å²) in [6.07, 6.45) is 5.40. The van der Waals surface area contributed by atoms with E-state index in [1.54, 1.807) is 6.07 Å². The van der Waals surface area contributed by atoms with Crippen LogP contribution in [0.25, 0.3) is 0 Å². The molecule has 0 aromatic heterocycles. The van der Waals surface area contributed by atoms with Gasteiger partial charge in [0.05, 0.1) is 0 Å².